The van der Waals surface area contributed by atoms with E-state index in [0.717, 1.165) is 0 Å². The predicted octanol–water partition coefficient (Wildman–Crippen LogP) is 1.57. The Hall–Kier alpha value is -0.710. The Morgan fingerprint density at radius 2 is 2.00 bits per heavy atom. The first-order valence-electron chi connectivity index (χ1n) is 4.48. The van der Waals surface area contributed by atoms with Crippen LogP contribution in [0.4, 0.5) is 8.78 Å². The minimum absolute atomic E-state index is 0.0340. The molecular weight excluding hydrogens is 192 g/mol. The largest absolute Gasteiger partial charge is 0.375 e. The van der Waals surface area contributed by atoms with Gasteiger partial charge in [-0.15, -0.1) is 0 Å². The highest BCUT2D eigenvalue weighted by Crippen LogP contribution is 1.99. The second-order valence-electron chi connectivity index (χ2n) is 4.01. The molecule has 0 aromatic heterocycles. The van der Waals surface area contributed by atoms with Crippen LogP contribution in [-0.4, -0.2) is 31.1 Å². The van der Waals surface area contributed by atoms with Crippen molar-refractivity contribution in [1.82, 2.24) is 5.32 Å². The third kappa shape index (κ3) is 9.38. The summed E-state index contributed by atoms with van der Waals surface area (Å²) in [6.45, 7) is 4.98. The van der Waals surface area contributed by atoms with Gasteiger partial charge in [-0.25, -0.2) is 8.78 Å². The minimum Gasteiger partial charge on any atom is -0.375 e. The topological polar surface area (TPSA) is 38.3 Å². The quantitative estimate of drug-likeness (QED) is 0.698. The van der Waals surface area contributed by atoms with Crippen LogP contribution in [0.5, 0.6) is 0 Å². The van der Waals surface area contributed by atoms with E-state index in [1.54, 1.807) is 0 Å². The van der Waals surface area contributed by atoms with E-state index in [4.69, 9.17) is 0 Å². The fraction of sp³-hybridized carbons (Fsp3) is 0.889. The molecule has 1 amide bonds. The number of halogens is 2. The molecule has 0 aliphatic heterocycles. The van der Waals surface area contributed by atoms with Crippen LogP contribution < -0.4 is 5.32 Å². The van der Waals surface area contributed by atoms with Gasteiger partial charge in [0, 0.05) is 12.0 Å². The number of amides is 1. The summed E-state index contributed by atoms with van der Waals surface area (Å²) in [5.41, 5.74) is -0.292. The van der Waals surface area contributed by atoms with E-state index in [1.165, 1.54) is 0 Å². The Labute approximate surface area is 82.8 Å². The second-order valence-corrected chi connectivity index (χ2v) is 4.01. The van der Waals surface area contributed by atoms with E-state index in [1.807, 2.05) is 20.8 Å². The number of hydrogen-bond acceptors (Lipinski definition) is 2. The zero-order chi connectivity index (χ0) is 11.2. The summed E-state index contributed by atoms with van der Waals surface area (Å²) in [7, 11) is 0. The van der Waals surface area contributed by atoms with E-state index < -0.39 is 13.0 Å². The molecule has 0 saturated carbocycles. The monoisotopic (exact) mass is 209 g/mol. The lowest BCUT2D eigenvalue weighted by atomic mass is 10.1. The van der Waals surface area contributed by atoms with Gasteiger partial charge in [0.2, 0.25) is 5.91 Å². The smallest absolute Gasteiger partial charge is 0.261 e. The molecule has 3 nitrogen and oxygen atoms in total. The molecule has 0 aromatic rings. The van der Waals surface area contributed by atoms with Gasteiger partial charge in [0.05, 0.1) is 6.61 Å². The van der Waals surface area contributed by atoms with Gasteiger partial charge in [-0.05, 0) is 20.8 Å². The maximum absolute atomic E-state index is 11.6. The molecule has 0 heterocycles. The lowest BCUT2D eigenvalue weighted by Crippen LogP contribution is -2.40. The number of carbonyl (C=O) groups excluding carboxylic acids is 1. The van der Waals surface area contributed by atoms with Gasteiger partial charge in [0.25, 0.3) is 6.43 Å². The van der Waals surface area contributed by atoms with E-state index in [2.05, 4.69) is 10.1 Å². The zero-order valence-corrected chi connectivity index (χ0v) is 8.77. The van der Waals surface area contributed by atoms with Crippen LogP contribution in [0.1, 0.15) is 27.2 Å². The lowest BCUT2D eigenvalue weighted by molar-refractivity contribution is -0.124. The maximum Gasteiger partial charge on any atom is 0.261 e. The van der Waals surface area contributed by atoms with E-state index in [-0.39, 0.29) is 24.5 Å². The molecule has 0 unspecified atom stereocenters. The molecule has 0 bridgehead atoms. The van der Waals surface area contributed by atoms with Crippen molar-refractivity contribution in [2.24, 2.45) is 0 Å². The number of ether oxygens (including phenoxy) is 1. The third-order valence-electron chi connectivity index (χ3n) is 1.23. The van der Waals surface area contributed by atoms with Gasteiger partial charge in [-0.1, -0.05) is 0 Å². The average molecular weight is 209 g/mol. The van der Waals surface area contributed by atoms with Gasteiger partial charge in [0.1, 0.15) is 6.61 Å². The molecule has 0 fully saturated rings. The maximum atomic E-state index is 11.6. The summed E-state index contributed by atoms with van der Waals surface area (Å²) in [6, 6.07) is 0. The SMILES string of the molecule is CC(C)(C)NC(=O)CCOCC(F)F. The molecule has 0 spiro atoms. The van der Waals surface area contributed by atoms with Gasteiger partial charge < -0.3 is 10.1 Å². The highest BCUT2D eigenvalue weighted by atomic mass is 19.3. The highest BCUT2D eigenvalue weighted by molar-refractivity contribution is 5.76. The predicted molar refractivity (Wildman–Crippen MR) is 49.3 cm³/mol. The van der Waals surface area contributed by atoms with Crippen molar-refractivity contribution in [1.29, 1.82) is 0 Å². The fourth-order valence-electron chi connectivity index (χ4n) is 0.818. The first-order chi connectivity index (χ1) is 6.31. The number of hydrogen-bond donors (Lipinski definition) is 1. The molecule has 84 valence electrons. The molecule has 0 aliphatic carbocycles. The number of rotatable bonds is 5. The summed E-state index contributed by atoms with van der Waals surface area (Å²) in [5, 5.41) is 2.70. The van der Waals surface area contributed by atoms with Crippen LogP contribution in [0.25, 0.3) is 0 Å². The van der Waals surface area contributed by atoms with Crippen LogP contribution in [0.15, 0.2) is 0 Å². The molecule has 0 aromatic carbocycles. The Balaban J connectivity index is 3.46. The van der Waals surface area contributed by atoms with Crippen molar-refractivity contribution in [2.75, 3.05) is 13.2 Å². The molecule has 0 rings (SSSR count). The molecule has 0 saturated heterocycles. The van der Waals surface area contributed by atoms with Gasteiger partial charge in [0.15, 0.2) is 0 Å². The number of alkyl halides is 2. The number of nitrogens with one attached hydrogen (secondary N) is 1. The molecule has 5 heteroatoms. The van der Waals surface area contributed by atoms with Gasteiger partial charge in [-0.3, -0.25) is 4.79 Å². The molecule has 14 heavy (non-hydrogen) atoms. The second kappa shape index (κ2) is 5.90. The van der Waals surface area contributed by atoms with Crippen molar-refractivity contribution < 1.29 is 18.3 Å². The summed E-state index contributed by atoms with van der Waals surface area (Å²) in [4.78, 5) is 11.1. The molecular formula is C9H17F2NO2. The van der Waals surface area contributed by atoms with Crippen molar-refractivity contribution in [3.05, 3.63) is 0 Å². The van der Waals surface area contributed by atoms with Crippen LogP contribution in [0, 0.1) is 0 Å². The van der Waals surface area contributed by atoms with Crippen molar-refractivity contribution >= 4 is 5.91 Å². The lowest BCUT2D eigenvalue weighted by Gasteiger charge is -2.20. The van der Waals surface area contributed by atoms with Crippen LogP contribution in [-0.2, 0) is 9.53 Å². The molecule has 0 radical (unpaired) electrons. The van der Waals surface area contributed by atoms with Crippen LogP contribution in [0.3, 0.4) is 0 Å². The minimum atomic E-state index is -2.47. The van der Waals surface area contributed by atoms with Crippen LogP contribution >= 0.6 is 0 Å². The third-order valence-corrected chi connectivity index (χ3v) is 1.23. The zero-order valence-electron chi connectivity index (χ0n) is 8.77. The normalized spacial score (nSPS) is 11.9. The Bertz CT molecular complexity index is 178. The highest BCUT2D eigenvalue weighted by Gasteiger charge is 2.13. The molecule has 0 aliphatic rings. The van der Waals surface area contributed by atoms with Crippen molar-refractivity contribution in [2.45, 2.75) is 39.2 Å². The van der Waals surface area contributed by atoms with E-state index in [0.29, 0.717) is 0 Å². The summed E-state index contributed by atoms with van der Waals surface area (Å²) < 4.78 is 27.8. The van der Waals surface area contributed by atoms with Gasteiger partial charge in [-0.2, -0.15) is 0 Å². The first kappa shape index (κ1) is 13.3. The first-order valence-corrected chi connectivity index (χ1v) is 4.48. The van der Waals surface area contributed by atoms with E-state index >= 15 is 0 Å². The standard InChI is InChI=1S/C9H17F2NO2/c1-9(2,3)12-8(13)4-5-14-6-7(10)11/h7H,4-6H2,1-3H3,(H,12,13). The fourth-order valence-corrected chi connectivity index (χ4v) is 0.818. The summed E-state index contributed by atoms with van der Waals surface area (Å²) >= 11 is 0. The van der Waals surface area contributed by atoms with Crippen molar-refractivity contribution in [3.8, 4) is 0 Å². The van der Waals surface area contributed by atoms with Crippen LogP contribution in [0.2, 0.25) is 0 Å². The average Bonchev–Trinajstić information content (AvgIpc) is 1.94. The molecule has 1 N–H and O–H groups in total. The Morgan fingerprint density at radius 3 is 2.43 bits per heavy atom. The molecule has 0 atom stereocenters. The Kier molecular flexibility index (Phi) is 5.60. The summed E-state index contributed by atoms with van der Waals surface area (Å²) in [5.74, 6) is -0.188. The van der Waals surface area contributed by atoms with Crippen molar-refractivity contribution in [3.63, 3.8) is 0 Å². The van der Waals surface area contributed by atoms with Gasteiger partial charge >= 0.3 is 0 Å². The Morgan fingerprint density at radius 1 is 1.43 bits per heavy atom. The van der Waals surface area contributed by atoms with E-state index in [9.17, 15) is 13.6 Å². The summed E-state index contributed by atoms with van der Waals surface area (Å²) in [6.07, 6.45) is -2.36. The number of carbonyl (C=O) groups is 1.